The summed E-state index contributed by atoms with van der Waals surface area (Å²) in [6, 6.07) is 10.3. The molecule has 0 fully saturated rings. The SMILES string of the molecule is CSc1ccc(-c2cc(C)n3nc(N)nc3n2)cc1. The smallest absolute Gasteiger partial charge is 0.254 e. The van der Waals surface area contributed by atoms with Crippen LogP contribution in [0.3, 0.4) is 0 Å². The summed E-state index contributed by atoms with van der Waals surface area (Å²) in [6.07, 6.45) is 2.06. The van der Waals surface area contributed by atoms with Crippen LogP contribution in [0.2, 0.25) is 0 Å². The predicted octanol–water partition coefficient (Wildman–Crippen LogP) is 2.40. The third kappa shape index (κ3) is 2.15. The van der Waals surface area contributed by atoms with Crippen molar-refractivity contribution in [2.75, 3.05) is 12.0 Å². The number of fused-ring (bicyclic) bond motifs is 1. The van der Waals surface area contributed by atoms with Crippen molar-refractivity contribution in [1.82, 2.24) is 19.6 Å². The predicted molar refractivity (Wildman–Crippen MR) is 77.1 cm³/mol. The first-order valence-electron chi connectivity index (χ1n) is 5.82. The summed E-state index contributed by atoms with van der Waals surface area (Å²) in [4.78, 5) is 9.82. The third-order valence-electron chi connectivity index (χ3n) is 2.89. The summed E-state index contributed by atoms with van der Waals surface area (Å²) in [7, 11) is 0. The summed E-state index contributed by atoms with van der Waals surface area (Å²) in [5, 5.41) is 4.09. The van der Waals surface area contributed by atoms with Crippen LogP contribution in [0.1, 0.15) is 5.69 Å². The molecule has 0 bridgehead atoms. The molecule has 0 saturated heterocycles. The van der Waals surface area contributed by atoms with E-state index in [1.807, 2.05) is 13.0 Å². The molecular weight excluding hydrogens is 258 g/mol. The van der Waals surface area contributed by atoms with Gasteiger partial charge in [0.1, 0.15) is 0 Å². The number of aryl methyl sites for hydroxylation is 1. The topological polar surface area (TPSA) is 69.1 Å². The van der Waals surface area contributed by atoms with E-state index in [4.69, 9.17) is 5.73 Å². The van der Waals surface area contributed by atoms with E-state index in [9.17, 15) is 0 Å². The molecule has 6 heteroatoms. The number of thioether (sulfide) groups is 1. The van der Waals surface area contributed by atoms with Gasteiger partial charge in [0.25, 0.3) is 5.78 Å². The van der Waals surface area contributed by atoms with Crippen LogP contribution in [-0.4, -0.2) is 25.8 Å². The highest BCUT2D eigenvalue weighted by Gasteiger charge is 2.08. The van der Waals surface area contributed by atoms with Gasteiger partial charge in [0.05, 0.1) is 5.69 Å². The highest BCUT2D eigenvalue weighted by molar-refractivity contribution is 7.98. The highest BCUT2D eigenvalue weighted by Crippen LogP contribution is 2.22. The van der Waals surface area contributed by atoms with E-state index >= 15 is 0 Å². The second-order valence-corrected chi connectivity index (χ2v) is 5.07. The molecule has 0 radical (unpaired) electrons. The highest BCUT2D eigenvalue weighted by atomic mass is 32.2. The molecule has 1 aromatic carbocycles. The largest absolute Gasteiger partial charge is 0.366 e. The first-order valence-corrected chi connectivity index (χ1v) is 7.04. The van der Waals surface area contributed by atoms with Gasteiger partial charge in [-0.05, 0) is 31.4 Å². The van der Waals surface area contributed by atoms with Crippen molar-refractivity contribution < 1.29 is 0 Å². The molecule has 0 aliphatic heterocycles. The van der Waals surface area contributed by atoms with Crippen molar-refractivity contribution in [3.63, 3.8) is 0 Å². The van der Waals surface area contributed by atoms with Crippen molar-refractivity contribution in [2.24, 2.45) is 0 Å². The molecule has 0 aliphatic carbocycles. The summed E-state index contributed by atoms with van der Waals surface area (Å²) in [5.41, 5.74) is 8.50. The van der Waals surface area contributed by atoms with E-state index < -0.39 is 0 Å². The minimum Gasteiger partial charge on any atom is -0.366 e. The van der Waals surface area contributed by atoms with Gasteiger partial charge in [-0.1, -0.05) is 12.1 Å². The Morgan fingerprint density at radius 1 is 1.16 bits per heavy atom. The average molecular weight is 271 g/mol. The van der Waals surface area contributed by atoms with Gasteiger partial charge in [-0.2, -0.15) is 9.50 Å². The molecule has 5 nitrogen and oxygen atoms in total. The normalized spacial score (nSPS) is 11.1. The first-order chi connectivity index (χ1) is 9.17. The van der Waals surface area contributed by atoms with Crippen LogP contribution in [0.4, 0.5) is 5.95 Å². The molecule has 0 amide bonds. The number of benzene rings is 1. The van der Waals surface area contributed by atoms with Crippen LogP contribution in [0.5, 0.6) is 0 Å². The van der Waals surface area contributed by atoms with Gasteiger partial charge in [0, 0.05) is 16.2 Å². The molecule has 3 rings (SSSR count). The van der Waals surface area contributed by atoms with Gasteiger partial charge >= 0.3 is 0 Å². The third-order valence-corrected chi connectivity index (χ3v) is 3.64. The molecule has 3 aromatic rings. The van der Waals surface area contributed by atoms with Crippen molar-refractivity contribution in [3.05, 3.63) is 36.0 Å². The van der Waals surface area contributed by atoms with E-state index in [1.165, 1.54) is 4.90 Å². The number of aromatic nitrogens is 4. The van der Waals surface area contributed by atoms with Crippen LogP contribution >= 0.6 is 11.8 Å². The van der Waals surface area contributed by atoms with Crippen molar-refractivity contribution in [3.8, 4) is 11.3 Å². The lowest BCUT2D eigenvalue weighted by molar-refractivity contribution is 0.900. The van der Waals surface area contributed by atoms with Crippen LogP contribution in [0.25, 0.3) is 17.0 Å². The van der Waals surface area contributed by atoms with Crippen molar-refractivity contribution >= 4 is 23.5 Å². The molecule has 19 heavy (non-hydrogen) atoms. The van der Waals surface area contributed by atoms with Gasteiger partial charge in [-0.15, -0.1) is 16.9 Å². The standard InChI is InChI=1S/C13H13N5S/c1-8-7-11(9-3-5-10(19-2)6-4-9)15-13-16-12(14)17-18(8)13/h3-7H,1-2H3,(H2,14,17). The lowest BCUT2D eigenvalue weighted by Gasteiger charge is -2.04. The maximum Gasteiger partial charge on any atom is 0.254 e. The molecule has 96 valence electrons. The zero-order valence-electron chi connectivity index (χ0n) is 10.7. The maximum absolute atomic E-state index is 5.60. The zero-order valence-corrected chi connectivity index (χ0v) is 11.5. The summed E-state index contributed by atoms with van der Waals surface area (Å²) in [5.74, 6) is 0.770. The van der Waals surface area contributed by atoms with Gasteiger partial charge < -0.3 is 5.73 Å². The van der Waals surface area contributed by atoms with E-state index in [-0.39, 0.29) is 5.95 Å². The van der Waals surface area contributed by atoms with Crippen LogP contribution in [0.15, 0.2) is 35.2 Å². The van der Waals surface area contributed by atoms with E-state index in [0.717, 1.165) is 17.0 Å². The zero-order chi connectivity index (χ0) is 13.4. The Morgan fingerprint density at radius 3 is 2.58 bits per heavy atom. The molecule has 0 atom stereocenters. The molecule has 0 unspecified atom stereocenters. The number of nitrogens with two attached hydrogens (primary N) is 1. The second-order valence-electron chi connectivity index (χ2n) is 4.19. The molecule has 2 N–H and O–H groups in total. The Bertz CT molecular complexity index is 733. The molecule has 2 aromatic heterocycles. The van der Waals surface area contributed by atoms with Gasteiger partial charge in [-0.3, -0.25) is 0 Å². The Kier molecular flexibility index (Phi) is 2.87. The van der Waals surface area contributed by atoms with Gasteiger partial charge in [-0.25, -0.2) is 4.98 Å². The van der Waals surface area contributed by atoms with Crippen LogP contribution in [0, 0.1) is 6.92 Å². The molecule has 2 heterocycles. The number of rotatable bonds is 2. The number of anilines is 1. The Morgan fingerprint density at radius 2 is 1.89 bits per heavy atom. The summed E-state index contributed by atoms with van der Waals surface area (Å²) in [6.45, 7) is 1.96. The molecular formula is C13H13N5S. The monoisotopic (exact) mass is 271 g/mol. The minimum absolute atomic E-state index is 0.241. The first kappa shape index (κ1) is 12.0. The quantitative estimate of drug-likeness (QED) is 0.725. The Hall–Kier alpha value is -2.08. The fourth-order valence-electron chi connectivity index (χ4n) is 1.94. The summed E-state index contributed by atoms with van der Waals surface area (Å²) < 4.78 is 1.65. The second kappa shape index (κ2) is 4.55. The van der Waals surface area contributed by atoms with Gasteiger partial charge in [0.2, 0.25) is 5.95 Å². The van der Waals surface area contributed by atoms with E-state index in [2.05, 4.69) is 45.6 Å². The molecule has 0 saturated carbocycles. The Balaban J connectivity index is 2.13. The number of nitrogens with zero attached hydrogens (tertiary/aromatic N) is 4. The van der Waals surface area contributed by atoms with Crippen LogP contribution in [-0.2, 0) is 0 Å². The summed E-state index contributed by atoms with van der Waals surface area (Å²) >= 11 is 1.72. The molecule has 0 aliphatic rings. The van der Waals surface area contributed by atoms with E-state index in [0.29, 0.717) is 5.78 Å². The van der Waals surface area contributed by atoms with Crippen LogP contribution < -0.4 is 5.73 Å². The molecule has 0 spiro atoms. The lowest BCUT2D eigenvalue weighted by Crippen LogP contribution is -1.98. The van der Waals surface area contributed by atoms with Crippen molar-refractivity contribution in [1.29, 1.82) is 0 Å². The maximum atomic E-state index is 5.60. The van der Waals surface area contributed by atoms with E-state index in [1.54, 1.807) is 16.3 Å². The number of hydrogen-bond donors (Lipinski definition) is 1. The fraction of sp³-hybridized carbons (Fsp3) is 0.154. The number of nitrogen functional groups attached to an aromatic ring is 1. The fourth-order valence-corrected chi connectivity index (χ4v) is 2.35. The average Bonchev–Trinajstić information content (AvgIpc) is 2.80. The Labute approximate surface area is 114 Å². The lowest BCUT2D eigenvalue weighted by atomic mass is 10.1. The van der Waals surface area contributed by atoms with Gasteiger partial charge in [0.15, 0.2) is 0 Å². The number of hydrogen-bond acceptors (Lipinski definition) is 5. The van der Waals surface area contributed by atoms with Crippen molar-refractivity contribution in [2.45, 2.75) is 11.8 Å². The minimum atomic E-state index is 0.241.